The van der Waals surface area contributed by atoms with Gasteiger partial charge in [-0.25, -0.2) is 0 Å². The third kappa shape index (κ3) is 0.621. The van der Waals surface area contributed by atoms with Crippen molar-refractivity contribution in [1.82, 2.24) is 4.90 Å². The van der Waals surface area contributed by atoms with Crippen LogP contribution in [0.15, 0.2) is 0 Å². The van der Waals surface area contributed by atoms with E-state index in [0.717, 1.165) is 0 Å². The van der Waals surface area contributed by atoms with E-state index in [4.69, 9.17) is 10.2 Å². The first-order valence-corrected chi connectivity index (χ1v) is 2.33. The number of aliphatic hydroxyl groups is 2. The van der Waals surface area contributed by atoms with Gasteiger partial charge in [0.2, 0.25) is 6.29 Å². The highest BCUT2D eigenvalue weighted by atomic mass is 16.8. The molecule has 0 spiro atoms. The number of epoxide rings is 1. The Hall–Kier alpha value is -0.160. The molecule has 1 rings (SSSR count). The molecule has 1 heterocycles. The highest BCUT2D eigenvalue weighted by molar-refractivity contribution is 4.80. The van der Waals surface area contributed by atoms with E-state index in [2.05, 4.69) is 4.74 Å². The highest BCUT2D eigenvalue weighted by Crippen LogP contribution is 2.32. The Labute approximate surface area is 47.3 Å². The quantitative estimate of drug-likeness (QED) is 0.327. The minimum atomic E-state index is -1.40. The summed E-state index contributed by atoms with van der Waals surface area (Å²) in [6.07, 6.45) is -1.03. The van der Waals surface area contributed by atoms with Crippen LogP contribution in [-0.2, 0) is 4.74 Å². The molecule has 2 N–H and O–H groups in total. The predicted molar refractivity (Wildman–Crippen MR) is 25.7 cm³/mol. The van der Waals surface area contributed by atoms with Crippen LogP contribution in [0.5, 0.6) is 0 Å². The van der Waals surface area contributed by atoms with Gasteiger partial charge in [0.15, 0.2) is 0 Å². The molecule has 0 amide bonds. The molecule has 2 unspecified atom stereocenters. The number of hydrogen-bond acceptors (Lipinski definition) is 4. The highest BCUT2D eigenvalue weighted by Gasteiger charge is 2.57. The van der Waals surface area contributed by atoms with Gasteiger partial charge in [-0.05, 0) is 14.1 Å². The van der Waals surface area contributed by atoms with Gasteiger partial charge in [0.25, 0.3) is 5.91 Å². The van der Waals surface area contributed by atoms with E-state index >= 15 is 0 Å². The maximum Gasteiger partial charge on any atom is 0.283 e. The molecule has 0 aromatic carbocycles. The molecule has 0 radical (unpaired) electrons. The molecule has 2 atom stereocenters. The van der Waals surface area contributed by atoms with E-state index in [0.29, 0.717) is 0 Å². The molecule has 0 bridgehead atoms. The van der Waals surface area contributed by atoms with Crippen LogP contribution >= 0.6 is 0 Å². The Balaban J connectivity index is 2.47. The number of hydrogen-bond donors (Lipinski definition) is 2. The molecule has 1 fully saturated rings. The molecular formula is C4H9NO3. The minimum Gasteiger partial charge on any atom is -0.362 e. The van der Waals surface area contributed by atoms with E-state index in [9.17, 15) is 0 Å². The molecule has 0 aliphatic carbocycles. The smallest absolute Gasteiger partial charge is 0.283 e. The van der Waals surface area contributed by atoms with Crippen LogP contribution in [0.2, 0.25) is 0 Å². The lowest BCUT2D eigenvalue weighted by Crippen LogP contribution is -2.33. The summed E-state index contributed by atoms with van der Waals surface area (Å²) in [7, 11) is 3.24. The Morgan fingerprint density at radius 1 is 1.62 bits per heavy atom. The van der Waals surface area contributed by atoms with E-state index < -0.39 is 12.2 Å². The molecule has 1 aliphatic rings. The molecule has 48 valence electrons. The van der Waals surface area contributed by atoms with Crippen molar-refractivity contribution < 1.29 is 14.9 Å². The fourth-order valence-corrected chi connectivity index (χ4v) is 0.457. The van der Waals surface area contributed by atoms with Gasteiger partial charge >= 0.3 is 0 Å². The SMILES string of the molecule is CN(C)C1(O)OC1O. The zero-order valence-electron chi connectivity index (χ0n) is 4.83. The second-order valence-corrected chi connectivity index (χ2v) is 2.02. The summed E-state index contributed by atoms with van der Waals surface area (Å²) in [4.78, 5) is 1.40. The molecule has 1 saturated heterocycles. The first kappa shape index (κ1) is 5.97. The summed E-state index contributed by atoms with van der Waals surface area (Å²) in [6.45, 7) is 0. The number of aliphatic hydroxyl groups excluding tert-OH is 1. The summed E-state index contributed by atoms with van der Waals surface area (Å²) in [6, 6.07) is 0. The van der Waals surface area contributed by atoms with Crippen LogP contribution in [0.1, 0.15) is 0 Å². The van der Waals surface area contributed by atoms with Gasteiger partial charge < -0.3 is 10.2 Å². The van der Waals surface area contributed by atoms with Crippen molar-refractivity contribution in [2.75, 3.05) is 14.1 Å². The van der Waals surface area contributed by atoms with E-state index in [-0.39, 0.29) is 0 Å². The van der Waals surface area contributed by atoms with E-state index in [1.807, 2.05) is 0 Å². The van der Waals surface area contributed by atoms with E-state index in [1.165, 1.54) is 4.90 Å². The maximum absolute atomic E-state index is 8.93. The topological polar surface area (TPSA) is 56.2 Å². The second-order valence-electron chi connectivity index (χ2n) is 2.02. The summed E-state index contributed by atoms with van der Waals surface area (Å²) in [5.74, 6) is -1.40. The Morgan fingerprint density at radius 3 is 2.00 bits per heavy atom. The number of likely N-dealkylation sites (N-methyl/N-ethyl adjacent to an activating group) is 1. The van der Waals surface area contributed by atoms with Crippen LogP contribution in [0.4, 0.5) is 0 Å². The lowest BCUT2D eigenvalue weighted by atomic mass is 10.6. The molecular weight excluding hydrogens is 110 g/mol. The van der Waals surface area contributed by atoms with Crippen molar-refractivity contribution in [3.05, 3.63) is 0 Å². The van der Waals surface area contributed by atoms with Crippen LogP contribution in [-0.4, -0.2) is 41.4 Å². The molecule has 0 aromatic rings. The van der Waals surface area contributed by atoms with E-state index in [1.54, 1.807) is 14.1 Å². The van der Waals surface area contributed by atoms with Crippen LogP contribution in [0, 0.1) is 0 Å². The van der Waals surface area contributed by atoms with Gasteiger partial charge in [-0.3, -0.25) is 9.64 Å². The summed E-state index contributed by atoms with van der Waals surface area (Å²) in [5.41, 5.74) is 0. The van der Waals surface area contributed by atoms with Crippen molar-refractivity contribution in [3.8, 4) is 0 Å². The third-order valence-electron chi connectivity index (χ3n) is 1.19. The van der Waals surface area contributed by atoms with Crippen molar-refractivity contribution in [2.24, 2.45) is 0 Å². The normalized spacial score (nSPS) is 45.4. The largest absolute Gasteiger partial charge is 0.362 e. The monoisotopic (exact) mass is 119 g/mol. The average molecular weight is 119 g/mol. The predicted octanol–water partition coefficient (Wildman–Crippen LogP) is -1.46. The summed E-state index contributed by atoms with van der Waals surface area (Å²) in [5, 5.41) is 17.5. The number of rotatable bonds is 1. The van der Waals surface area contributed by atoms with Crippen molar-refractivity contribution in [1.29, 1.82) is 0 Å². The van der Waals surface area contributed by atoms with Gasteiger partial charge in [-0.15, -0.1) is 0 Å². The Bertz CT molecular complexity index is 105. The first-order valence-electron chi connectivity index (χ1n) is 2.33. The van der Waals surface area contributed by atoms with Gasteiger partial charge in [0, 0.05) is 0 Å². The lowest BCUT2D eigenvalue weighted by Gasteiger charge is -2.11. The molecule has 4 nitrogen and oxygen atoms in total. The van der Waals surface area contributed by atoms with Gasteiger partial charge in [-0.2, -0.15) is 0 Å². The zero-order chi connectivity index (χ0) is 6.36. The average Bonchev–Trinajstić information content (AvgIpc) is 2.17. The fraction of sp³-hybridized carbons (Fsp3) is 1.00. The van der Waals surface area contributed by atoms with Crippen LogP contribution < -0.4 is 0 Å². The van der Waals surface area contributed by atoms with Crippen molar-refractivity contribution in [2.45, 2.75) is 12.2 Å². The number of ether oxygens (including phenoxy) is 1. The van der Waals surface area contributed by atoms with Crippen LogP contribution in [0.25, 0.3) is 0 Å². The third-order valence-corrected chi connectivity index (χ3v) is 1.19. The first-order chi connectivity index (χ1) is 3.57. The lowest BCUT2D eigenvalue weighted by molar-refractivity contribution is -0.0795. The van der Waals surface area contributed by atoms with Crippen molar-refractivity contribution in [3.63, 3.8) is 0 Å². The Morgan fingerprint density at radius 2 is 2.00 bits per heavy atom. The van der Waals surface area contributed by atoms with Gasteiger partial charge in [-0.1, -0.05) is 0 Å². The Kier molecular flexibility index (Phi) is 1.06. The molecule has 1 aliphatic heterocycles. The number of nitrogens with zero attached hydrogens (tertiary/aromatic N) is 1. The second kappa shape index (κ2) is 1.41. The molecule has 0 aromatic heterocycles. The van der Waals surface area contributed by atoms with Gasteiger partial charge in [0.1, 0.15) is 0 Å². The van der Waals surface area contributed by atoms with Gasteiger partial charge in [0.05, 0.1) is 0 Å². The summed E-state index contributed by atoms with van der Waals surface area (Å²) < 4.78 is 4.40. The molecule has 0 saturated carbocycles. The maximum atomic E-state index is 8.93. The van der Waals surface area contributed by atoms with Crippen molar-refractivity contribution >= 4 is 0 Å². The summed E-state index contributed by atoms with van der Waals surface area (Å²) >= 11 is 0. The standard InChI is InChI=1S/C4H9NO3/c1-5(2)4(7)3(6)8-4/h3,6-7H,1-2H3. The zero-order valence-corrected chi connectivity index (χ0v) is 4.83. The fourth-order valence-electron chi connectivity index (χ4n) is 0.457. The molecule has 4 heteroatoms. The van der Waals surface area contributed by atoms with Crippen LogP contribution in [0.3, 0.4) is 0 Å². The molecule has 8 heavy (non-hydrogen) atoms. The minimum absolute atomic E-state index is 1.03.